The molecule has 0 radical (unpaired) electrons. The lowest BCUT2D eigenvalue weighted by Crippen LogP contribution is -2.37. The van der Waals surface area contributed by atoms with Crippen LogP contribution in [0.2, 0.25) is 5.02 Å². The van der Waals surface area contributed by atoms with E-state index in [0.717, 1.165) is 12.8 Å². The first-order valence-electron chi connectivity index (χ1n) is 7.15. The molecule has 1 aromatic carbocycles. The van der Waals surface area contributed by atoms with Gasteiger partial charge in [0, 0.05) is 18.2 Å². The van der Waals surface area contributed by atoms with Crippen molar-refractivity contribution < 1.29 is 14.6 Å². The molecule has 21 heavy (non-hydrogen) atoms. The predicted octanol–water partition coefficient (Wildman–Crippen LogP) is 3.02. The molecule has 0 bridgehead atoms. The SMILES string of the molecule is CC(Oc1ccc(Cl)cc1)C(=O)NCCCC(C)(C)CO. The largest absolute Gasteiger partial charge is 0.481 e. The van der Waals surface area contributed by atoms with E-state index in [-0.39, 0.29) is 17.9 Å². The number of hydrogen-bond donors (Lipinski definition) is 2. The van der Waals surface area contributed by atoms with E-state index in [1.165, 1.54) is 0 Å². The normalized spacial score (nSPS) is 12.8. The molecule has 0 aliphatic heterocycles. The number of hydrogen-bond acceptors (Lipinski definition) is 3. The van der Waals surface area contributed by atoms with Crippen LogP contribution in [0, 0.1) is 5.41 Å². The van der Waals surface area contributed by atoms with Crippen LogP contribution in [0.5, 0.6) is 5.75 Å². The Morgan fingerprint density at radius 2 is 2.00 bits per heavy atom. The van der Waals surface area contributed by atoms with Gasteiger partial charge in [-0.05, 0) is 49.4 Å². The lowest BCUT2D eigenvalue weighted by Gasteiger charge is -2.21. The summed E-state index contributed by atoms with van der Waals surface area (Å²) in [4.78, 5) is 11.9. The molecule has 118 valence electrons. The third-order valence-electron chi connectivity index (χ3n) is 3.25. The summed E-state index contributed by atoms with van der Waals surface area (Å²) in [5, 5.41) is 12.6. The molecule has 1 rings (SSSR count). The van der Waals surface area contributed by atoms with E-state index in [1.54, 1.807) is 31.2 Å². The molecule has 5 heteroatoms. The summed E-state index contributed by atoms with van der Waals surface area (Å²) >= 11 is 5.79. The Balaban J connectivity index is 2.30. The highest BCUT2D eigenvalue weighted by atomic mass is 35.5. The Morgan fingerprint density at radius 1 is 1.38 bits per heavy atom. The van der Waals surface area contributed by atoms with Gasteiger partial charge in [0.2, 0.25) is 0 Å². The van der Waals surface area contributed by atoms with Gasteiger partial charge in [-0.3, -0.25) is 4.79 Å². The van der Waals surface area contributed by atoms with Gasteiger partial charge >= 0.3 is 0 Å². The summed E-state index contributed by atoms with van der Waals surface area (Å²) in [6.45, 7) is 6.44. The van der Waals surface area contributed by atoms with Crippen molar-refractivity contribution in [3.63, 3.8) is 0 Å². The average Bonchev–Trinajstić information content (AvgIpc) is 2.45. The van der Waals surface area contributed by atoms with Gasteiger partial charge < -0.3 is 15.2 Å². The molecule has 0 spiro atoms. The Morgan fingerprint density at radius 3 is 2.57 bits per heavy atom. The molecule has 1 atom stereocenters. The number of halogens is 1. The molecule has 0 heterocycles. The van der Waals surface area contributed by atoms with E-state index in [0.29, 0.717) is 17.3 Å². The number of ether oxygens (including phenoxy) is 1. The molecular weight excluding hydrogens is 290 g/mol. The van der Waals surface area contributed by atoms with Gasteiger partial charge in [-0.2, -0.15) is 0 Å². The molecule has 1 unspecified atom stereocenters. The fourth-order valence-electron chi connectivity index (χ4n) is 1.77. The molecule has 0 saturated carbocycles. The molecule has 0 aliphatic carbocycles. The van der Waals surface area contributed by atoms with Crippen LogP contribution in [0.4, 0.5) is 0 Å². The third kappa shape index (κ3) is 6.82. The van der Waals surface area contributed by atoms with Gasteiger partial charge in [0.25, 0.3) is 5.91 Å². The lowest BCUT2D eigenvalue weighted by atomic mass is 9.89. The van der Waals surface area contributed by atoms with E-state index >= 15 is 0 Å². The first kappa shape index (κ1) is 17.8. The van der Waals surface area contributed by atoms with E-state index < -0.39 is 6.10 Å². The van der Waals surface area contributed by atoms with E-state index in [2.05, 4.69) is 5.32 Å². The minimum absolute atomic E-state index is 0.101. The Hall–Kier alpha value is -1.26. The Kier molecular flexibility index (Phi) is 6.99. The molecular formula is C16H24ClNO3. The molecule has 1 amide bonds. The van der Waals surface area contributed by atoms with Crippen LogP contribution in [-0.2, 0) is 4.79 Å². The number of carbonyl (C=O) groups excluding carboxylic acids is 1. The van der Waals surface area contributed by atoms with Crippen LogP contribution in [0.3, 0.4) is 0 Å². The molecule has 0 aliphatic rings. The van der Waals surface area contributed by atoms with Crippen molar-refractivity contribution in [1.82, 2.24) is 5.32 Å². The third-order valence-corrected chi connectivity index (χ3v) is 3.51. The van der Waals surface area contributed by atoms with Crippen LogP contribution in [0.1, 0.15) is 33.6 Å². The first-order chi connectivity index (χ1) is 9.84. The summed E-state index contributed by atoms with van der Waals surface area (Å²) in [5.74, 6) is 0.468. The van der Waals surface area contributed by atoms with Crippen LogP contribution in [0.15, 0.2) is 24.3 Å². The smallest absolute Gasteiger partial charge is 0.260 e. The summed E-state index contributed by atoms with van der Waals surface area (Å²) in [6, 6.07) is 6.91. The Bertz CT molecular complexity index is 445. The predicted molar refractivity (Wildman–Crippen MR) is 84.7 cm³/mol. The van der Waals surface area contributed by atoms with Gasteiger partial charge in [-0.1, -0.05) is 25.4 Å². The maximum atomic E-state index is 11.9. The standard InChI is InChI=1S/C16H24ClNO3/c1-12(21-14-7-5-13(17)6-8-14)15(20)18-10-4-9-16(2,3)11-19/h5-8,12,19H,4,9-11H2,1-3H3,(H,18,20). The number of carbonyl (C=O) groups is 1. The number of aliphatic hydroxyl groups is 1. The van der Waals surface area contributed by atoms with Gasteiger partial charge in [-0.15, -0.1) is 0 Å². The summed E-state index contributed by atoms with van der Waals surface area (Å²) in [5.41, 5.74) is -0.101. The Labute approximate surface area is 131 Å². The molecule has 0 aromatic heterocycles. The minimum atomic E-state index is -0.558. The fourth-order valence-corrected chi connectivity index (χ4v) is 1.90. The second kappa shape index (κ2) is 8.25. The monoisotopic (exact) mass is 313 g/mol. The van der Waals surface area contributed by atoms with Gasteiger partial charge in [0.05, 0.1) is 0 Å². The van der Waals surface area contributed by atoms with Crippen LogP contribution < -0.4 is 10.1 Å². The van der Waals surface area contributed by atoms with Crippen molar-refractivity contribution in [1.29, 1.82) is 0 Å². The van der Waals surface area contributed by atoms with E-state index in [9.17, 15) is 4.79 Å². The van der Waals surface area contributed by atoms with Gasteiger partial charge in [-0.25, -0.2) is 0 Å². The zero-order chi connectivity index (χ0) is 15.9. The molecule has 0 saturated heterocycles. The van der Waals surface area contributed by atoms with E-state index in [4.69, 9.17) is 21.4 Å². The van der Waals surface area contributed by atoms with Crippen molar-refractivity contribution in [2.45, 2.75) is 39.7 Å². The maximum absolute atomic E-state index is 11.9. The molecule has 4 nitrogen and oxygen atoms in total. The van der Waals surface area contributed by atoms with Crippen molar-refractivity contribution in [2.24, 2.45) is 5.41 Å². The number of nitrogens with one attached hydrogen (secondary N) is 1. The second-order valence-corrected chi connectivity index (χ2v) is 6.37. The topological polar surface area (TPSA) is 58.6 Å². The van der Waals surface area contributed by atoms with Crippen LogP contribution in [-0.4, -0.2) is 30.3 Å². The zero-order valence-corrected chi connectivity index (χ0v) is 13.6. The second-order valence-electron chi connectivity index (χ2n) is 5.93. The number of aliphatic hydroxyl groups excluding tert-OH is 1. The highest BCUT2D eigenvalue weighted by Gasteiger charge is 2.17. The van der Waals surface area contributed by atoms with E-state index in [1.807, 2.05) is 13.8 Å². The first-order valence-corrected chi connectivity index (χ1v) is 7.53. The summed E-state index contributed by atoms with van der Waals surface area (Å²) in [7, 11) is 0. The number of amides is 1. The highest BCUT2D eigenvalue weighted by Crippen LogP contribution is 2.20. The van der Waals surface area contributed by atoms with Gasteiger partial charge in [0.15, 0.2) is 6.10 Å². The van der Waals surface area contributed by atoms with Crippen molar-refractivity contribution in [3.05, 3.63) is 29.3 Å². The average molecular weight is 314 g/mol. The molecule has 2 N–H and O–H groups in total. The fraction of sp³-hybridized carbons (Fsp3) is 0.562. The van der Waals surface area contributed by atoms with Crippen LogP contribution >= 0.6 is 11.6 Å². The van der Waals surface area contributed by atoms with Crippen LogP contribution in [0.25, 0.3) is 0 Å². The number of rotatable bonds is 8. The molecule has 0 fully saturated rings. The lowest BCUT2D eigenvalue weighted by molar-refractivity contribution is -0.127. The highest BCUT2D eigenvalue weighted by molar-refractivity contribution is 6.30. The summed E-state index contributed by atoms with van der Waals surface area (Å²) < 4.78 is 5.54. The summed E-state index contributed by atoms with van der Waals surface area (Å²) in [6.07, 6.45) is 1.13. The zero-order valence-electron chi connectivity index (χ0n) is 12.9. The molecule has 1 aromatic rings. The van der Waals surface area contributed by atoms with Gasteiger partial charge in [0.1, 0.15) is 5.75 Å². The maximum Gasteiger partial charge on any atom is 0.260 e. The van der Waals surface area contributed by atoms with Crippen molar-refractivity contribution >= 4 is 17.5 Å². The van der Waals surface area contributed by atoms with Crippen molar-refractivity contribution in [2.75, 3.05) is 13.2 Å². The number of benzene rings is 1. The van der Waals surface area contributed by atoms with Crippen molar-refractivity contribution in [3.8, 4) is 5.75 Å². The quantitative estimate of drug-likeness (QED) is 0.725. The minimum Gasteiger partial charge on any atom is -0.481 e.